The van der Waals surface area contributed by atoms with Crippen LogP contribution in [0.5, 0.6) is 5.75 Å². The van der Waals surface area contributed by atoms with Crippen molar-refractivity contribution in [1.29, 1.82) is 0 Å². The highest BCUT2D eigenvalue weighted by atomic mass is 19.1. The largest absolute Gasteiger partial charge is 0.493 e. The Morgan fingerprint density at radius 2 is 2.03 bits per heavy atom. The smallest absolute Gasteiger partial charge is 0.255 e. The molecule has 2 aromatic carbocycles. The van der Waals surface area contributed by atoms with Crippen molar-refractivity contribution in [2.75, 3.05) is 7.11 Å². The Kier molecular flexibility index (Phi) is 6.55. The van der Waals surface area contributed by atoms with Crippen LogP contribution in [0.25, 0.3) is 5.69 Å². The number of ether oxygens (including phenoxy) is 1. The summed E-state index contributed by atoms with van der Waals surface area (Å²) in [7, 11) is 1.36. The fraction of sp³-hybridized carbons (Fsp3) is 0.360. The highest BCUT2D eigenvalue weighted by Crippen LogP contribution is 2.30. The van der Waals surface area contributed by atoms with Crippen LogP contribution in [0.2, 0.25) is 0 Å². The van der Waals surface area contributed by atoms with Crippen LogP contribution >= 0.6 is 0 Å². The fourth-order valence-corrected chi connectivity index (χ4v) is 4.26. The Balaban J connectivity index is 1.60. The summed E-state index contributed by atoms with van der Waals surface area (Å²) >= 11 is 0. The molecule has 7 heteroatoms. The molecular formula is C25H28FN3O3. The van der Waals surface area contributed by atoms with Gasteiger partial charge in [0.1, 0.15) is 0 Å². The summed E-state index contributed by atoms with van der Waals surface area (Å²) in [6, 6.07) is 11.1. The molecule has 4 rings (SSSR count). The van der Waals surface area contributed by atoms with E-state index in [1.807, 2.05) is 36.5 Å². The lowest BCUT2D eigenvalue weighted by Crippen LogP contribution is -2.45. The van der Waals surface area contributed by atoms with Gasteiger partial charge in [0, 0.05) is 12.4 Å². The number of methoxy groups -OCH3 is 1. The number of carbonyl (C=O) groups is 1. The number of aromatic nitrogens is 2. The van der Waals surface area contributed by atoms with Crippen LogP contribution in [-0.4, -0.2) is 40.0 Å². The molecule has 0 saturated heterocycles. The first-order chi connectivity index (χ1) is 15.5. The lowest BCUT2D eigenvalue weighted by molar-refractivity contribution is 0.0714. The average Bonchev–Trinajstić information content (AvgIpc) is 3.34. The Labute approximate surface area is 187 Å². The predicted octanol–water partition coefficient (Wildman–Crippen LogP) is 3.95. The van der Waals surface area contributed by atoms with Crippen LogP contribution < -0.4 is 10.1 Å². The van der Waals surface area contributed by atoms with Crippen LogP contribution in [0.15, 0.2) is 48.8 Å². The van der Waals surface area contributed by atoms with Gasteiger partial charge in [0.15, 0.2) is 11.6 Å². The van der Waals surface area contributed by atoms with E-state index in [0.29, 0.717) is 30.4 Å². The molecule has 0 unspecified atom stereocenters. The molecule has 1 aliphatic rings. The standard InChI is InChI=1S/C25H28FN3O3/c1-16-18(14-17-8-10-19(11-9-17)29-13-5-12-27-29)15-20(24(32-2)23(16)26)25(31)28-21-6-3-4-7-22(21)30/h5,8-13,15,21-22,30H,3-4,6-7,14H2,1-2H3,(H,28,31)/t21-,22-/m1/s1. The molecule has 1 fully saturated rings. The molecule has 1 aromatic heterocycles. The van der Waals surface area contributed by atoms with Crippen molar-refractivity contribution < 1.29 is 19.0 Å². The minimum atomic E-state index is -0.582. The van der Waals surface area contributed by atoms with Gasteiger partial charge in [-0.3, -0.25) is 4.79 Å². The summed E-state index contributed by atoms with van der Waals surface area (Å²) in [6.45, 7) is 1.69. The summed E-state index contributed by atoms with van der Waals surface area (Å²) in [5.74, 6) is -1.03. The second-order valence-electron chi connectivity index (χ2n) is 8.28. The van der Waals surface area contributed by atoms with E-state index in [1.165, 1.54) is 7.11 Å². The molecule has 1 saturated carbocycles. The Hall–Kier alpha value is -3.19. The third-order valence-corrected chi connectivity index (χ3v) is 6.17. The summed E-state index contributed by atoms with van der Waals surface area (Å²) in [5.41, 5.74) is 3.23. The van der Waals surface area contributed by atoms with Crippen LogP contribution in [0, 0.1) is 12.7 Å². The molecule has 0 aliphatic heterocycles. The van der Waals surface area contributed by atoms with Gasteiger partial charge in [-0.1, -0.05) is 25.0 Å². The minimum absolute atomic E-state index is 0.0666. The topological polar surface area (TPSA) is 76.4 Å². The van der Waals surface area contributed by atoms with Crippen LogP contribution in [0.4, 0.5) is 4.39 Å². The maximum Gasteiger partial charge on any atom is 0.255 e. The number of aliphatic hydroxyl groups excluding tert-OH is 1. The van der Waals surface area contributed by atoms with Gasteiger partial charge >= 0.3 is 0 Å². The number of nitrogens with zero attached hydrogens (tertiary/aromatic N) is 2. The normalized spacial score (nSPS) is 18.4. The molecule has 168 valence electrons. The zero-order chi connectivity index (χ0) is 22.7. The number of nitrogens with one attached hydrogen (secondary N) is 1. The van der Waals surface area contributed by atoms with Gasteiger partial charge in [-0.05, 0) is 67.1 Å². The van der Waals surface area contributed by atoms with Crippen LogP contribution in [0.3, 0.4) is 0 Å². The van der Waals surface area contributed by atoms with E-state index in [0.717, 1.165) is 24.1 Å². The van der Waals surface area contributed by atoms with Gasteiger partial charge in [0.2, 0.25) is 0 Å². The third kappa shape index (κ3) is 4.53. The fourth-order valence-electron chi connectivity index (χ4n) is 4.26. The van der Waals surface area contributed by atoms with E-state index in [-0.39, 0.29) is 17.4 Å². The highest BCUT2D eigenvalue weighted by molar-refractivity contribution is 5.97. The lowest BCUT2D eigenvalue weighted by atomic mass is 9.92. The summed E-state index contributed by atoms with van der Waals surface area (Å²) in [6.07, 6.45) is 6.73. The second kappa shape index (κ2) is 9.53. The van der Waals surface area contributed by atoms with Crippen LogP contribution in [-0.2, 0) is 6.42 Å². The van der Waals surface area contributed by atoms with E-state index in [1.54, 1.807) is 23.9 Å². The van der Waals surface area contributed by atoms with E-state index < -0.39 is 17.8 Å². The first-order valence-corrected chi connectivity index (χ1v) is 10.9. The number of hydrogen-bond donors (Lipinski definition) is 2. The van der Waals surface area contributed by atoms with Crippen molar-refractivity contribution in [3.63, 3.8) is 0 Å². The molecule has 6 nitrogen and oxygen atoms in total. The lowest BCUT2D eigenvalue weighted by Gasteiger charge is -2.28. The second-order valence-corrected chi connectivity index (χ2v) is 8.28. The minimum Gasteiger partial charge on any atom is -0.493 e. The number of aliphatic hydroxyl groups is 1. The molecule has 1 aliphatic carbocycles. The number of rotatable bonds is 6. The van der Waals surface area contributed by atoms with Crippen LogP contribution in [0.1, 0.15) is 52.7 Å². The van der Waals surface area contributed by atoms with Crippen molar-refractivity contribution in [3.05, 3.63) is 76.9 Å². The molecule has 0 radical (unpaired) electrons. The molecule has 0 bridgehead atoms. The Bertz CT molecular complexity index is 1080. The first-order valence-electron chi connectivity index (χ1n) is 10.9. The zero-order valence-corrected chi connectivity index (χ0v) is 18.3. The van der Waals surface area contributed by atoms with Gasteiger partial charge in [-0.15, -0.1) is 0 Å². The third-order valence-electron chi connectivity index (χ3n) is 6.17. The number of amides is 1. The van der Waals surface area contributed by atoms with E-state index in [9.17, 15) is 9.90 Å². The number of hydrogen-bond acceptors (Lipinski definition) is 4. The molecular weight excluding hydrogens is 409 g/mol. The molecule has 1 heterocycles. The van der Waals surface area contributed by atoms with Crippen molar-refractivity contribution in [3.8, 4) is 11.4 Å². The first kappa shape index (κ1) is 22.0. The Morgan fingerprint density at radius 1 is 1.28 bits per heavy atom. The number of benzene rings is 2. The highest BCUT2D eigenvalue weighted by Gasteiger charge is 2.27. The van der Waals surface area contributed by atoms with Gasteiger partial charge < -0.3 is 15.2 Å². The Morgan fingerprint density at radius 3 is 2.69 bits per heavy atom. The summed E-state index contributed by atoms with van der Waals surface area (Å²) < 4.78 is 22.1. The van der Waals surface area contributed by atoms with E-state index in [2.05, 4.69) is 10.4 Å². The summed E-state index contributed by atoms with van der Waals surface area (Å²) in [4.78, 5) is 13.0. The molecule has 2 N–H and O–H groups in total. The summed E-state index contributed by atoms with van der Waals surface area (Å²) in [5, 5.41) is 17.3. The molecule has 32 heavy (non-hydrogen) atoms. The molecule has 1 amide bonds. The monoisotopic (exact) mass is 437 g/mol. The maximum absolute atomic E-state index is 15.1. The van der Waals surface area contributed by atoms with E-state index >= 15 is 4.39 Å². The average molecular weight is 438 g/mol. The van der Waals surface area contributed by atoms with E-state index in [4.69, 9.17) is 4.74 Å². The SMILES string of the molecule is COc1c(C(=O)N[C@@H]2CCCC[C@H]2O)cc(Cc2ccc(-n3cccn3)cc2)c(C)c1F. The quantitative estimate of drug-likeness (QED) is 0.612. The van der Waals surface area contributed by atoms with Gasteiger partial charge in [0.25, 0.3) is 5.91 Å². The maximum atomic E-state index is 15.1. The molecule has 2 atom stereocenters. The van der Waals surface area contributed by atoms with Gasteiger partial charge in [-0.2, -0.15) is 5.10 Å². The molecule has 0 spiro atoms. The predicted molar refractivity (Wildman–Crippen MR) is 120 cm³/mol. The van der Waals surface area contributed by atoms with Crippen molar-refractivity contribution >= 4 is 5.91 Å². The number of halogens is 1. The van der Waals surface area contributed by atoms with Gasteiger partial charge in [0.05, 0.1) is 30.5 Å². The number of carbonyl (C=O) groups excluding carboxylic acids is 1. The van der Waals surface area contributed by atoms with Crippen molar-refractivity contribution in [2.45, 2.75) is 51.2 Å². The zero-order valence-electron chi connectivity index (χ0n) is 18.3. The van der Waals surface area contributed by atoms with Crippen molar-refractivity contribution in [2.24, 2.45) is 0 Å². The van der Waals surface area contributed by atoms with Crippen molar-refractivity contribution in [1.82, 2.24) is 15.1 Å². The van der Waals surface area contributed by atoms with Gasteiger partial charge in [-0.25, -0.2) is 9.07 Å². The molecule has 3 aromatic rings.